The Morgan fingerprint density at radius 2 is 1.93 bits per heavy atom. The highest BCUT2D eigenvalue weighted by molar-refractivity contribution is 5.40. The van der Waals surface area contributed by atoms with E-state index in [0.29, 0.717) is 5.92 Å². The van der Waals surface area contributed by atoms with Crippen LogP contribution in [0.25, 0.3) is 0 Å². The minimum absolute atomic E-state index is 0.153. The van der Waals surface area contributed by atoms with Crippen molar-refractivity contribution >= 4 is 0 Å². The number of rotatable bonds is 4. The Labute approximate surface area is 177 Å². The molecule has 158 valence electrons. The van der Waals surface area contributed by atoms with E-state index < -0.39 is 0 Å². The molecule has 0 aromatic heterocycles. The molecule has 5 aliphatic rings. The average Bonchev–Trinajstić information content (AvgIpc) is 3.18. The average molecular weight is 395 g/mol. The molecule has 4 saturated carbocycles. The molecule has 7 unspecified atom stereocenters. The molecule has 0 saturated heterocycles. The summed E-state index contributed by atoms with van der Waals surface area (Å²) < 4.78 is 11.9. The number of ether oxygens (including phenoxy) is 2. The minimum atomic E-state index is 0.153. The van der Waals surface area contributed by atoms with E-state index in [9.17, 15) is 0 Å². The molecule has 7 atom stereocenters. The van der Waals surface area contributed by atoms with E-state index in [4.69, 9.17) is 9.47 Å². The molecule has 4 fully saturated rings. The van der Waals surface area contributed by atoms with Crippen LogP contribution in [-0.2, 0) is 4.74 Å². The van der Waals surface area contributed by atoms with Crippen LogP contribution < -0.4 is 4.74 Å². The SMILES string of the molecule is C=C(CC)OC1(C)C2CC3CC4CC1C34C2.CCC1CCOc2ccc(C)cc21. The first-order valence-electron chi connectivity index (χ1n) is 12.0. The van der Waals surface area contributed by atoms with Crippen LogP contribution in [0.1, 0.15) is 82.8 Å². The summed E-state index contributed by atoms with van der Waals surface area (Å²) in [6.45, 7) is 13.9. The summed E-state index contributed by atoms with van der Waals surface area (Å²) in [6.07, 6.45) is 9.26. The van der Waals surface area contributed by atoms with Gasteiger partial charge in [-0.1, -0.05) is 38.1 Å². The molecule has 1 aliphatic heterocycles. The van der Waals surface area contributed by atoms with Crippen molar-refractivity contribution in [2.24, 2.45) is 29.1 Å². The van der Waals surface area contributed by atoms with E-state index in [1.165, 1.54) is 49.7 Å². The Morgan fingerprint density at radius 1 is 1.17 bits per heavy atom. The lowest BCUT2D eigenvalue weighted by molar-refractivity contribution is -0.241. The normalized spacial score (nSPS) is 42.3. The van der Waals surface area contributed by atoms with E-state index in [1.807, 2.05) is 0 Å². The molecule has 6 rings (SSSR count). The quantitative estimate of drug-likeness (QED) is 0.511. The van der Waals surface area contributed by atoms with Gasteiger partial charge in [0, 0.05) is 12.3 Å². The van der Waals surface area contributed by atoms with Crippen LogP contribution in [0, 0.1) is 36.0 Å². The zero-order valence-corrected chi connectivity index (χ0v) is 18.8. The second kappa shape index (κ2) is 6.79. The first-order chi connectivity index (χ1) is 13.9. The molecule has 2 nitrogen and oxygen atoms in total. The molecule has 2 bridgehead atoms. The maximum Gasteiger partial charge on any atom is 0.122 e. The van der Waals surface area contributed by atoms with Gasteiger partial charge in [0.2, 0.25) is 0 Å². The number of aryl methyl sites for hydroxylation is 1. The largest absolute Gasteiger partial charge is 0.493 e. The Kier molecular flexibility index (Phi) is 4.57. The number of hydrogen-bond acceptors (Lipinski definition) is 2. The Bertz CT molecular complexity index is 813. The maximum absolute atomic E-state index is 6.29. The number of hydrogen-bond donors (Lipinski definition) is 0. The van der Waals surface area contributed by atoms with E-state index in [1.54, 1.807) is 0 Å². The Hall–Kier alpha value is -1.44. The van der Waals surface area contributed by atoms with Crippen molar-refractivity contribution in [1.82, 2.24) is 0 Å². The van der Waals surface area contributed by atoms with E-state index in [-0.39, 0.29) is 5.60 Å². The fourth-order valence-electron chi connectivity index (χ4n) is 7.86. The number of fused-ring (bicyclic) bond motifs is 2. The zero-order chi connectivity index (χ0) is 20.4. The predicted octanol–water partition coefficient (Wildman–Crippen LogP) is 7.02. The van der Waals surface area contributed by atoms with Crippen molar-refractivity contribution in [1.29, 1.82) is 0 Å². The van der Waals surface area contributed by atoms with Crippen molar-refractivity contribution in [3.63, 3.8) is 0 Å². The third-order valence-electron chi connectivity index (χ3n) is 9.51. The van der Waals surface area contributed by atoms with Gasteiger partial charge in [0.15, 0.2) is 0 Å². The first-order valence-corrected chi connectivity index (χ1v) is 12.0. The van der Waals surface area contributed by atoms with Gasteiger partial charge in [-0.15, -0.1) is 0 Å². The van der Waals surface area contributed by atoms with Crippen LogP contribution in [0.5, 0.6) is 5.75 Å². The standard InChI is InChI=1S/C15H22O.C12H16O/c1-4-9(2)16-14(3)12-6-10-5-11-7-13(14)15(10,11)8-12;1-3-10-6-7-13-12-5-4-9(2)8-11(10)12/h10-13H,2,4-8H2,1,3H3;4-5,8,10H,3,6-7H2,1-2H3. The monoisotopic (exact) mass is 394 g/mol. The Balaban J connectivity index is 0.000000129. The van der Waals surface area contributed by atoms with Crippen LogP contribution in [-0.4, -0.2) is 12.2 Å². The lowest BCUT2D eigenvalue weighted by atomic mass is 9.36. The van der Waals surface area contributed by atoms with Crippen molar-refractivity contribution in [2.75, 3.05) is 6.61 Å². The zero-order valence-electron chi connectivity index (χ0n) is 18.8. The van der Waals surface area contributed by atoms with Crippen LogP contribution in [0.15, 0.2) is 30.5 Å². The molecule has 1 spiro atoms. The summed E-state index contributed by atoms with van der Waals surface area (Å²) in [4.78, 5) is 0. The lowest BCUT2D eigenvalue weighted by Gasteiger charge is -2.69. The van der Waals surface area contributed by atoms with Gasteiger partial charge in [-0.3, -0.25) is 0 Å². The summed E-state index contributed by atoms with van der Waals surface area (Å²) in [7, 11) is 0. The third-order valence-corrected chi connectivity index (χ3v) is 9.51. The van der Waals surface area contributed by atoms with Crippen LogP contribution in [0.4, 0.5) is 0 Å². The van der Waals surface area contributed by atoms with E-state index in [0.717, 1.165) is 53.6 Å². The van der Waals surface area contributed by atoms with E-state index in [2.05, 4.69) is 52.5 Å². The fourth-order valence-corrected chi connectivity index (χ4v) is 7.86. The molecular weight excluding hydrogens is 356 g/mol. The second-order valence-corrected chi connectivity index (χ2v) is 10.6. The molecule has 1 heterocycles. The molecule has 4 aliphatic carbocycles. The predicted molar refractivity (Wildman–Crippen MR) is 118 cm³/mol. The molecule has 0 radical (unpaired) electrons. The summed E-state index contributed by atoms with van der Waals surface area (Å²) in [5, 5.41) is 0. The first kappa shape index (κ1) is 19.5. The van der Waals surface area contributed by atoms with Gasteiger partial charge in [0.25, 0.3) is 0 Å². The van der Waals surface area contributed by atoms with Crippen molar-refractivity contribution in [3.05, 3.63) is 41.7 Å². The lowest BCUT2D eigenvalue weighted by Crippen LogP contribution is -2.66. The molecule has 1 aromatic rings. The number of allylic oxidation sites excluding steroid dienone is 1. The van der Waals surface area contributed by atoms with Crippen molar-refractivity contribution in [2.45, 2.75) is 84.2 Å². The minimum Gasteiger partial charge on any atom is -0.493 e. The van der Waals surface area contributed by atoms with E-state index >= 15 is 0 Å². The topological polar surface area (TPSA) is 18.5 Å². The van der Waals surface area contributed by atoms with Gasteiger partial charge in [-0.05, 0) is 93.1 Å². The van der Waals surface area contributed by atoms with Crippen molar-refractivity contribution in [3.8, 4) is 5.75 Å². The van der Waals surface area contributed by atoms with Crippen LogP contribution >= 0.6 is 0 Å². The van der Waals surface area contributed by atoms with Gasteiger partial charge in [-0.2, -0.15) is 0 Å². The summed E-state index contributed by atoms with van der Waals surface area (Å²) in [6, 6.07) is 6.49. The molecule has 0 N–H and O–H groups in total. The van der Waals surface area contributed by atoms with Crippen molar-refractivity contribution < 1.29 is 9.47 Å². The van der Waals surface area contributed by atoms with Crippen LogP contribution in [0.3, 0.4) is 0 Å². The highest BCUT2D eigenvalue weighted by Gasteiger charge is 2.80. The Morgan fingerprint density at radius 3 is 2.62 bits per heavy atom. The molecule has 2 heteroatoms. The third kappa shape index (κ3) is 2.66. The summed E-state index contributed by atoms with van der Waals surface area (Å²) in [5.41, 5.74) is 3.66. The van der Waals surface area contributed by atoms with Gasteiger partial charge >= 0.3 is 0 Å². The summed E-state index contributed by atoms with van der Waals surface area (Å²) >= 11 is 0. The van der Waals surface area contributed by atoms with Gasteiger partial charge in [0.1, 0.15) is 11.4 Å². The second-order valence-electron chi connectivity index (χ2n) is 10.6. The summed E-state index contributed by atoms with van der Waals surface area (Å²) in [5.74, 6) is 6.67. The highest BCUT2D eigenvalue weighted by atomic mass is 16.5. The fraction of sp³-hybridized carbons (Fsp3) is 0.704. The number of benzene rings is 1. The van der Waals surface area contributed by atoms with Gasteiger partial charge < -0.3 is 9.47 Å². The smallest absolute Gasteiger partial charge is 0.122 e. The molecule has 0 amide bonds. The molecular formula is C27H38O2. The van der Waals surface area contributed by atoms with Gasteiger partial charge in [0.05, 0.1) is 12.4 Å². The molecule has 29 heavy (non-hydrogen) atoms. The maximum atomic E-state index is 6.29. The van der Waals surface area contributed by atoms with Crippen LogP contribution in [0.2, 0.25) is 0 Å². The molecule has 1 aromatic carbocycles. The van der Waals surface area contributed by atoms with Gasteiger partial charge in [-0.25, -0.2) is 0 Å². The highest BCUT2D eigenvalue weighted by Crippen LogP contribution is 2.84.